The third-order valence-electron chi connectivity index (χ3n) is 5.96. The zero-order valence-corrected chi connectivity index (χ0v) is 19.2. The lowest BCUT2D eigenvalue weighted by molar-refractivity contribution is -0.132. The van der Waals surface area contributed by atoms with Gasteiger partial charge in [0.05, 0.1) is 51.2 Å². The van der Waals surface area contributed by atoms with Crippen LogP contribution < -0.4 is 9.46 Å². The molecule has 2 aliphatic rings. The highest BCUT2D eigenvalue weighted by Crippen LogP contribution is 2.33. The van der Waals surface area contributed by atoms with Crippen LogP contribution in [-0.2, 0) is 45.7 Å². The average molecular weight is 464 g/mol. The Morgan fingerprint density at radius 1 is 1.34 bits per heavy atom. The molecule has 1 N–H and O–H groups in total. The second kappa shape index (κ2) is 9.16. The van der Waals surface area contributed by atoms with Gasteiger partial charge in [-0.25, -0.2) is 17.8 Å². The van der Waals surface area contributed by atoms with E-state index in [0.717, 1.165) is 17.0 Å². The highest BCUT2D eigenvalue weighted by atomic mass is 32.2. The Labute approximate surface area is 187 Å². The number of carbonyl (C=O) groups is 1. The number of hydrogen-bond acceptors (Lipinski definition) is 7. The number of benzene rings is 1. The van der Waals surface area contributed by atoms with Crippen LogP contribution in [0.25, 0.3) is 0 Å². The summed E-state index contributed by atoms with van der Waals surface area (Å²) >= 11 is 0. The van der Waals surface area contributed by atoms with Crippen LogP contribution in [0, 0.1) is 0 Å². The Morgan fingerprint density at radius 2 is 2.19 bits per heavy atom. The van der Waals surface area contributed by atoms with Crippen molar-refractivity contribution in [3.63, 3.8) is 0 Å². The smallest absolute Gasteiger partial charge is 0.227 e. The molecule has 1 aromatic carbocycles. The standard InChI is InChI=1S/C21H29N5O5S/c1-3-9-32(28,29)22-12-18-19-13-31-21(15-26(19)24-23-18)7-8-25(14-21)20(27)11-16-5-4-6-17(10-16)30-2/h4-6,10,22H,3,7-9,11-15H2,1-2H3. The van der Waals surface area contributed by atoms with Crippen molar-refractivity contribution in [1.29, 1.82) is 0 Å². The number of fused-ring (bicyclic) bond motifs is 1. The van der Waals surface area contributed by atoms with Crippen LogP contribution in [0.5, 0.6) is 5.75 Å². The number of rotatable bonds is 8. The summed E-state index contributed by atoms with van der Waals surface area (Å²) in [4.78, 5) is 14.7. The van der Waals surface area contributed by atoms with Crippen LogP contribution in [0.4, 0.5) is 0 Å². The van der Waals surface area contributed by atoms with Crippen LogP contribution in [0.1, 0.15) is 36.7 Å². The molecule has 1 atom stereocenters. The molecule has 0 aliphatic carbocycles. The van der Waals surface area contributed by atoms with Gasteiger partial charge in [-0.15, -0.1) is 5.10 Å². The molecule has 32 heavy (non-hydrogen) atoms. The normalized spacial score (nSPS) is 20.5. The highest BCUT2D eigenvalue weighted by Gasteiger charge is 2.44. The van der Waals surface area contributed by atoms with E-state index in [9.17, 15) is 13.2 Å². The summed E-state index contributed by atoms with van der Waals surface area (Å²) in [6, 6.07) is 7.52. The van der Waals surface area contributed by atoms with E-state index in [0.29, 0.717) is 44.6 Å². The predicted molar refractivity (Wildman–Crippen MR) is 116 cm³/mol. The number of methoxy groups -OCH3 is 1. The minimum atomic E-state index is -3.32. The van der Waals surface area contributed by atoms with Crippen LogP contribution in [0.3, 0.4) is 0 Å². The van der Waals surface area contributed by atoms with Gasteiger partial charge in [-0.3, -0.25) is 4.79 Å². The predicted octanol–water partition coefficient (Wildman–Crippen LogP) is 0.860. The summed E-state index contributed by atoms with van der Waals surface area (Å²) in [6.45, 7) is 3.80. The SMILES string of the molecule is CCCS(=O)(=O)NCc1nnn2c1COC1(CCN(C(=O)Cc3cccc(OC)c3)C1)C2. The number of hydrogen-bond donors (Lipinski definition) is 1. The van der Waals surface area contributed by atoms with Gasteiger partial charge in [0, 0.05) is 6.54 Å². The number of nitrogens with one attached hydrogen (secondary N) is 1. The zero-order chi connectivity index (χ0) is 22.8. The summed E-state index contributed by atoms with van der Waals surface area (Å²) in [5, 5.41) is 8.37. The van der Waals surface area contributed by atoms with Crippen molar-refractivity contribution in [1.82, 2.24) is 24.6 Å². The minimum Gasteiger partial charge on any atom is -0.497 e. The summed E-state index contributed by atoms with van der Waals surface area (Å²) in [5.74, 6) is 0.861. The van der Waals surface area contributed by atoms with Gasteiger partial charge >= 0.3 is 0 Å². The fraction of sp³-hybridized carbons (Fsp3) is 0.571. The van der Waals surface area contributed by atoms with Crippen molar-refractivity contribution in [3.05, 3.63) is 41.2 Å². The molecule has 1 saturated heterocycles. The van der Waals surface area contributed by atoms with E-state index >= 15 is 0 Å². The van der Waals surface area contributed by atoms with Crippen molar-refractivity contribution >= 4 is 15.9 Å². The van der Waals surface area contributed by atoms with Gasteiger partial charge in [-0.1, -0.05) is 24.3 Å². The average Bonchev–Trinajstić information content (AvgIpc) is 3.36. The Kier molecular flexibility index (Phi) is 6.50. The molecular weight excluding hydrogens is 434 g/mol. The Morgan fingerprint density at radius 3 is 2.97 bits per heavy atom. The molecule has 1 amide bonds. The van der Waals surface area contributed by atoms with Gasteiger partial charge in [0.25, 0.3) is 0 Å². The molecule has 1 fully saturated rings. The highest BCUT2D eigenvalue weighted by molar-refractivity contribution is 7.89. The quantitative estimate of drug-likeness (QED) is 0.617. The Balaban J connectivity index is 1.37. The van der Waals surface area contributed by atoms with E-state index in [1.54, 1.807) is 11.8 Å². The molecule has 0 saturated carbocycles. The van der Waals surface area contributed by atoms with E-state index in [1.807, 2.05) is 36.1 Å². The van der Waals surface area contributed by atoms with Gasteiger partial charge in [-0.2, -0.15) is 0 Å². The number of nitrogens with zero attached hydrogens (tertiary/aromatic N) is 4. The lowest BCUT2D eigenvalue weighted by Gasteiger charge is -2.34. The molecule has 1 unspecified atom stereocenters. The molecule has 2 aliphatic heterocycles. The first kappa shape index (κ1) is 22.7. The first-order chi connectivity index (χ1) is 15.3. The first-order valence-corrected chi connectivity index (χ1v) is 12.4. The maximum absolute atomic E-state index is 12.9. The maximum Gasteiger partial charge on any atom is 0.227 e. The van der Waals surface area contributed by atoms with Crippen molar-refractivity contribution in [2.24, 2.45) is 0 Å². The summed E-state index contributed by atoms with van der Waals surface area (Å²) in [5.41, 5.74) is 1.76. The van der Waals surface area contributed by atoms with Crippen molar-refractivity contribution < 1.29 is 22.7 Å². The molecule has 3 heterocycles. The Bertz CT molecular complexity index is 1090. The van der Waals surface area contributed by atoms with Crippen molar-refractivity contribution in [3.8, 4) is 5.75 Å². The number of likely N-dealkylation sites (tertiary alicyclic amines) is 1. The molecule has 1 spiro atoms. The lowest BCUT2D eigenvalue weighted by Crippen LogP contribution is -2.45. The van der Waals surface area contributed by atoms with Gasteiger partial charge in [0.2, 0.25) is 15.9 Å². The molecule has 0 bridgehead atoms. The molecule has 174 valence electrons. The third kappa shape index (κ3) is 4.94. The van der Waals surface area contributed by atoms with Crippen molar-refractivity contribution in [2.75, 3.05) is 26.0 Å². The van der Waals surface area contributed by atoms with Crippen LogP contribution in [0.15, 0.2) is 24.3 Å². The first-order valence-electron chi connectivity index (χ1n) is 10.8. The largest absolute Gasteiger partial charge is 0.497 e. The second-order valence-corrected chi connectivity index (χ2v) is 10.3. The fourth-order valence-electron chi connectivity index (χ4n) is 4.22. The zero-order valence-electron chi connectivity index (χ0n) is 18.4. The van der Waals surface area contributed by atoms with E-state index in [4.69, 9.17) is 9.47 Å². The third-order valence-corrected chi connectivity index (χ3v) is 7.49. The van der Waals surface area contributed by atoms with Gasteiger partial charge in [0.15, 0.2) is 0 Å². The number of aromatic nitrogens is 3. The van der Waals surface area contributed by atoms with Crippen LogP contribution >= 0.6 is 0 Å². The monoisotopic (exact) mass is 463 g/mol. The number of carbonyl (C=O) groups excluding carboxylic acids is 1. The number of amides is 1. The van der Waals surface area contributed by atoms with Crippen LogP contribution in [0.2, 0.25) is 0 Å². The van der Waals surface area contributed by atoms with Crippen molar-refractivity contribution in [2.45, 2.75) is 51.5 Å². The van der Waals surface area contributed by atoms with Gasteiger partial charge in [0.1, 0.15) is 17.0 Å². The Hall–Kier alpha value is -2.50. The van der Waals surface area contributed by atoms with E-state index in [-0.39, 0.29) is 24.8 Å². The molecule has 1 aromatic heterocycles. The molecule has 0 radical (unpaired) electrons. The van der Waals surface area contributed by atoms with Gasteiger partial charge in [-0.05, 0) is 30.5 Å². The number of sulfonamides is 1. The molecule has 4 rings (SSSR count). The molecule has 2 aromatic rings. The lowest BCUT2D eigenvalue weighted by atomic mass is 10.0. The summed E-state index contributed by atoms with van der Waals surface area (Å²) in [6.07, 6.45) is 1.58. The molecule has 10 nitrogen and oxygen atoms in total. The second-order valence-electron chi connectivity index (χ2n) is 8.35. The van der Waals surface area contributed by atoms with Crippen LogP contribution in [-0.4, -0.2) is 65.8 Å². The molecular formula is C21H29N5O5S. The van der Waals surface area contributed by atoms with E-state index in [2.05, 4.69) is 15.0 Å². The van der Waals surface area contributed by atoms with E-state index in [1.165, 1.54) is 0 Å². The van der Waals surface area contributed by atoms with Gasteiger partial charge < -0.3 is 14.4 Å². The summed E-state index contributed by atoms with van der Waals surface area (Å²) < 4.78 is 39.6. The summed E-state index contributed by atoms with van der Waals surface area (Å²) in [7, 11) is -1.72. The maximum atomic E-state index is 12.9. The fourth-order valence-corrected chi connectivity index (χ4v) is 5.26. The number of ether oxygens (including phenoxy) is 2. The molecule has 11 heteroatoms. The topological polar surface area (TPSA) is 116 Å². The minimum absolute atomic E-state index is 0.0501. The van der Waals surface area contributed by atoms with E-state index < -0.39 is 15.6 Å².